The molecule has 4 heteroatoms. The number of fused-ring (bicyclic) bond motifs is 1. The summed E-state index contributed by atoms with van der Waals surface area (Å²) in [7, 11) is 0. The number of halogens is 1. The first-order chi connectivity index (χ1) is 6.85. The zero-order valence-electron chi connectivity index (χ0n) is 8.06. The summed E-state index contributed by atoms with van der Waals surface area (Å²) in [6.07, 6.45) is 0.772. The van der Waals surface area contributed by atoms with E-state index in [0.29, 0.717) is 6.54 Å². The van der Waals surface area contributed by atoms with Gasteiger partial charge in [-0.3, -0.25) is 0 Å². The van der Waals surface area contributed by atoms with Crippen LogP contribution in [0.25, 0.3) is 10.1 Å². The first kappa shape index (κ1) is 12.0. The Balaban J connectivity index is 0.00000112. The van der Waals surface area contributed by atoms with Crippen molar-refractivity contribution in [2.75, 3.05) is 6.54 Å². The van der Waals surface area contributed by atoms with Gasteiger partial charge in [-0.2, -0.15) is 5.26 Å². The van der Waals surface area contributed by atoms with Crippen LogP contribution in [0.3, 0.4) is 0 Å². The second-order valence-electron chi connectivity index (χ2n) is 3.12. The molecule has 0 saturated carbocycles. The molecule has 0 unspecified atom stereocenters. The van der Waals surface area contributed by atoms with Gasteiger partial charge >= 0.3 is 0 Å². The Kier molecular flexibility index (Phi) is 4.10. The molecule has 0 amide bonds. The van der Waals surface area contributed by atoms with Gasteiger partial charge in [0.2, 0.25) is 0 Å². The minimum absolute atomic E-state index is 0. The molecule has 2 nitrogen and oxygen atoms in total. The summed E-state index contributed by atoms with van der Waals surface area (Å²) < 4.78 is 1.17. The monoisotopic (exact) mass is 238 g/mol. The lowest BCUT2D eigenvalue weighted by atomic mass is 10.0. The van der Waals surface area contributed by atoms with Crippen LogP contribution < -0.4 is 5.73 Å². The second kappa shape index (κ2) is 5.13. The standard InChI is InChI=1S/C11H10N2S.ClH/c12-3-1-8-5-9-2-4-14-11(9)6-10(8)7-13;/h2,4-6H,1,3,12H2;1H. The van der Waals surface area contributed by atoms with Gasteiger partial charge in [-0.05, 0) is 47.5 Å². The highest BCUT2D eigenvalue weighted by Crippen LogP contribution is 2.24. The van der Waals surface area contributed by atoms with Gasteiger partial charge in [0.15, 0.2) is 0 Å². The third kappa shape index (κ3) is 2.29. The van der Waals surface area contributed by atoms with Gasteiger partial charge in [-0.15, -0.1) is 23.7 Å². The normalized spacial score (nSPS) is 9.60. The minimum atomic E-state index is 0. The van der Waals surface area contributed by atoms with Crippen molar-refractivity contribution in [3.8, 4) is 6.07 Å². The zero-order valence-corrected chi connectivity index (χ0v) is 9.70. The summed E-state index contributed by atoms with van der Waals surface area (Å²) in [6, 6.07) is 8.30. The van der Waals surface area contributed by atoms with Gasteiger partial charge in [0.1, 0.15) is 0 Å². The predicted molar refractivity (Wildman–Crippen MR) is 66.5 cm³/mol. The van der Waals surface area contributed by atoms with E-state index in [1.54, 1.807) is 11.3 Å². The van der Waals surface area contributed by atoms with Crippen molar-refractivity contribution in [3.05, 3.63) is 34.7 Å². The van der Waals surface area contributed by atoms with E-state index in [1.165, 1.54) is 10.1 Å². The number of thiophene rings is 1. The van der Waals surface area contributed by atoms with E-state index in [0.717, 1.165) is 17.5 Å². The van der Waals surface area contributed by atoms with Crippen molar-refractivity contribution < 1.29 is 0 Å². The maximum absolute atomic E-state index is 8.96. The molecule has 0 aliphatic heterocycles. The van der Waals surface area contributed by atoms with Gasteiger partial charge in [0.05, 0.1) is 11.6 Å². The van der Waals surface area contributed by atoms with E-state index in [-0.39, 0.29) is 12.4 Å². The highest BCUT2D eigenvalue weighted by molar-refractivity contribution is 7.17. The van der Waals surface area contributed by atoms with Crippen molar-refractivity contribution in [1.82, 2.24) is 0 Å². The highest BCUT2D eigenvalue weighted by atomic mass is 35.5. The van der Waals surface area contributed by atoms with E-state index in [4.69, 9.17) is 11.0 Å². The van der Waals surface area contributed by atoms with Crippen molar-refractivity contribution in [2.45, 2.75) is 6.42 Å². The molecule has 0 radical (unpaired) electrons. The van der Waals surface area contributed by atoms with Gasteiger partial charge in [0, 0.05) is 4.70 Å². The Hall–Kier alpha value is -1.08. The van der Waals surface area contributed by atoms with Crippen LogP contribution in [-0.4, -0.2) is 6.54 Å². The Labute approximate surface area is 98.7 Å². The van der Waals surface area contributed by atoms with Gasteiger partial charge in [0.25, 0.3) is 0 Å². The fourth-order valence-electron chi connectivity index (χ4n) is 1.52. The van der Waals surface area contributed by atoms with E-state index < -0.39 is 0 Å². The molecule has 2 rings (SSSR count). The van der Waals surface area contributed by atoms with Gasteiger partial charge in [-0.1, -0.05) is 0 Å². The molecule has 0 aliphatic rings. The maximum atomic E-state index is 8.96. The quantitative estimate of drug-likeness (QED) is 0.875. The molecule has 0 fully saturated rings. The van der Waals surface area contributed by atoms with Crippen LogP contribution >= 0.6 is 23.7 Å². The third-order valence-electron chi connectivity index (χ3n) is 2.21. The number of hydrogen-bond donors (Lipinski definition) is 1. The average molecular weight is 239 g/mol. The third-order valence-corrected chi connectivity index (χ3v) is 3.09. The lowest BCUT2D eigenvalue weighted by molar-refractivity contribution is 0.967. The topological polar surface area (TPSA) is 49.8 Å². The SMILES string of the molecule is Cl.N#Cc1cc2sccc2cc1CCN. The summed E-state index contributed by atoms with van der Waals surface area (Å²) in [5.74, 6) is 0. The summed E-state index contributed by atoms with van der Waals surface area (Å²) in [5, 5.41) is 12.2. The molecular weight excluding hydrogens is 228 g/mol. The minimum Gasteiger partial charge on any atom is -0.330 e. The Bertz CT molecular complexity index is 499. The van der Waals surface area contributed by atoms with E-state index in [9.17, 15) is 0 Å². The molecule has 1 aromatic heterocycles. The first-order valence-electron chi connectivity index (χ1n) is 4.45. The molecule has 0 atom stereocenters. The van der Waals surface area contributed by atoms with Crippen molar-refractivity contribution in [1.29, 1.82) is 5.26 Å². The summed E-state index contributed by atoms with van der Waals surface area (Å²) in [6.45, 7) is 0.588. The molecule has 0 spiro atoms. The molecule has 1 heterocycles. The molecule has 0 saturated heterocycles. The molecule has 15 heavy (non-hydrogen) atoms. The van der Waals surface area contributed by atoms with E-state index in [2.05, 4.69) is 18.2 Å². The van der Waals surface area contributed by atoms with E-state index in [1.807, 2.05) is 11.4 Å². The Morgan fingerprint density at radius 3 is 2.87 bits per heavy atom. The number of nitrogens with two attached hydrogens (primary N) is 1. The van der Waals surface area contributed by atoms with Crippen LogP contribution in [0.5, 0.6) is 0 Å². The van der Waals surface area contributed by atoms with Gasteiger partial charge in [-0.25, -0.2) is 0 Å². The summed E-state index contributed by atoms with van der Waals surface area (Å²) >= 11 is 1.66. The van der Waals surface area contributed by atoms with Crippen LogP contribution in [0, 0.1) is 11.3 Å². The first-order valence-corrected chi connectivity index (χ1v) is 5.33. The predicted octanol–water partition coefficient (Wildman–Crippen LogP) is 2.70. The van der Waals surface area contributed by atoms with Gasteiger partial charge < -0.3 is 5.73 Å². The number of benzene rings is 1. The molecule has 2 aromatic rings. The zero-order chi connectivity index (χ0) is 9.97. The number of hydrogen-bond acceptors (Lipinski definition) is 3. The maximum Gasteiger partial charge on any atom is 0.0995 e. The van der Waals surface area contributed by atoms with Crippen LogP contribution in [-0.2, 0) is 6.42 Å². The lowest BCUT2D eigenvalue weighted by Gasteiger charge is -2.01. The summed E-state index contributed by atoms with van der Waals surface area (Å²) in [4.78, 5) is 0. The molecule has 2 N–H and O–H groups in total. The molecule has 1 aromatic carbocycles. The largest absolute Gasteiger partial charge is 0.330 e. The fourth-order valence-corrected chi connectivity index (χ4v) is 2.33. The van der Waals surface area contributed by atoms with Crippen molar-refractivity contribution in [2.24, 2.45) is 5.73 Å². The fraction of sp³-hybridized carbons (Fsp3) is 0.182. The lowest BCUT2D eigenvalue weighted by Crippen LogP contribution is -2.04. The summed E-state index contributed by atoms with van der Waals surface area (Å²) in [5.41, 5.74) is 7.31. The van der Waals surface area contributed by atoms with Crippen LogP contribution in [0.2, 0.25) is 0 Å². The second-order valence-corrected chi connectivity index (χ2v) is 4.07. The molecular formula is C11H11ClN2S. The number of rotatable bonds is 2. The molecule has 78 valence electrons. The average Bonchev–Trinajstić information content (AvgIpc) is 2.64. The molecule has 0 aliphatic carbocycles. The van der Waals surface area contributed by atoms with Crippen LogP contribution in [0.4, 0.5) is 0 Å². The molecule has 0 bridgehead atoms. The van der Waals surface area contributed by atoms with E-state index >= 15 is 0 Å². The van der Waals surface area contributed by atoms with Crippen LogP contribution in [0.1, 0.15) is 11.1 Å². The highest BCUT2D eigenvalue weighted by Gasteiger charge is 2.04. The number of nitriles is 1. The Morgan fingerprint density at radius 2 is 2.20 bits per heavy atom. The smallest absolute Gasteiger partial charge is 0.0995 e. The number of nitrogens with zero attached hydrogens (tertiary/aromatic N) is 1. The Morgan fingerprint density at radius 1 is 1.40 bits per heavy atom. The van der Waals surface area contributed by atoms with Crippen molar-refractivity contribution >= 4 is 33.8 Å². The van der Waals surface area contributed by atoms with Crippen molar-refractivity contribution in [3.63, 3.8) is 0 Å². The van der Waals surface area contributed by atoms with Crippen LogP contribution in [0.15, 0.2) is 23.6 Å².